The van der Waals surface area contributed by atoms with E-state index in [1.807, 2.05) is 34.7 Å². The van der Waals surface area contributed by atoms with Gasteiger partial charge in [-0.1, -0.05) is 32.9 Å². The van der Waals surface area contributed by atoms with Crippen LogP contribution in [0.4, 0.5) is 0 Å². The van der Waals surface area contributed by atoms with Crippen molar-refractivity contribution in [2.75, 3.05) is 13.6 Å². The quantitative estimate of drug-likeness (QED) is 0.579. The molecular weight excluding hydrogens is 150 g/mol. The van der Waals surface area contributed by atoms with Gasteiger partial charge in [-0.25, -0.2) is 0 Å². The van der Waals surface area contributed by atoms with Gasteiger partial charge in [-0.2, -0.15) is 0 Å². The molecular formula is C10H19NO. The topological polar surface area (TPSA) is 20.3 Å². The fourth-order valence-electron chi connectivity index (χ4n) is 1.05. The van der Waals surface area contributed by atoms with E-state index in [0.29, 0.717) is 6.54 Å². The van der Waals surface area contributed by atoms with Crippen LogP contribution in [-0.2, 0) is 4.79 Å². The van der Waals surface area contributed by atoms with E-state index in [1.54, 1.807) is 4.90 Å². The molecule has 2 heteroatoms. The summed E-state index contributed by atoms with van der Waals surface area (Å²) >= 11 is 0. The average molecular weight is 169 g/mol. The summed E-state index contributed by atoms with van der Waals surface area (Å²) in [6.45, 7) is 12.1. The third-order valence-corrected chi connectivity index (χ3v) is 1.50. The smallest absolute Gasteiger partial charge is 0.227 e. The molecule has 0 aromatic rings. The Morgan fingerprint density at radius 2 is 1.83 bits per heavy atom. The maximum Gasteiger partial charge on any atom is 0.227 e. The number of carbonyl (C=O) groups is 1. The minimum Gasteiger partial charge on any atom is -0.341 e. The molecule has 0 radical (unpaired) electrons. The standard InChI is InChI=1S/C10H19NO/c1-8(2)7-11(6)9(12)10(3,4)5/h1,7H2,2-6H3. The van der Waals surface area contributed by atoms with Crippen molar-refractivity contribution >= 4 is 5.91 Å². The van der Waals surface area contributed by atoms with Gasteiger partial charge in [0.15, 0.2) is 0 Å². The largest absolute Gasteiger partial charge is 0.341 e. The summed E-state index contributed by atoms with van der Waals surface area (Å²) in [5, 5.41) is 0. The van der Waals surface area contributed by atoms with Crippen LogP contribution in [-0.4, -0.2) is 24.4 Å². The highest BCUT2D eigenvalue weighted by Crippen LogP contribution is 2.16. The molecule has 0 aliphatic heterocycles. The Morgan fingerprint density at radius 3 is 2.08 bits per heavy atom. The molecule has 0 heterocycles. The molecule has 0 fully saturated rings. The van der Waals surface area contributed by atoms with Gasteiger partial charge in [0.2, 0.25) is 5.91 Å². The molecule has 2 nitrogen and oxygen atoms in total. The van der Waals surface area contributed by atoms with Crippen LogP contribution in [0.15, 0.2) is 12.2 Å². The highest BCUT2D eigenvalue weighted by molar-refractivity contribution is 5.81. The van der Waals surface area contributed by atoms with E-state index in [9.17, 15) is 4.79 Å². The first-order valence-electron chi connectivity index (χ1n) is 4.15. The summed E-state index contributed by atoms with van der Waals surface area (Å²) in [6.07, 6.45) is 0. The molecule has 12 heavy (non-hydrogen) atoms. The van der Waals surface area contributed by atoms with Crippen molar-refractivity contribution in [3.05, 3.63) is 12.2 Å². The summed E-state index contributed by atoms with van der Waals surface area (Å²) in [5.41, 5.74) is 0.722. The Labute approximate surface area is 75.3 Å². The predicted molar refractivity (Wildman–Crippen MR) is 51.9 cm³/mol. The Balaban J connectivity index is 4.21. The minimum absolute atomic E-state index is 0.158. The summed E-state index contributed by atoms with van der Waals surface area (Å²) in [5.74, 6) is 0.158. The normalized spacial score (nSPS) is 11.1. The van der Waals surface area contributed by atoms with Crippen LogP contribution in [0.2, 0.25) is 0 Å². The number of rotatable bonds is 2. The summed E-state index contributed by atoms with van der Waals surface area (Å²) in [4.78, 5) is 13.3. The second-order valence-electron chi connectivity index (χ2n) is 4.37. The zero-order valence-corrected chi connectivity index (χ0v) is 8.77. The fourth-order valence-corrected chi connectivity index (χ4v) is 1.05. The van der Waals surface area contributed by atoms with Gasteiger partial charge in [0, 0.05) is 19.0 Å². The Bertz CT molecular complexity index is 189. The van der Waals surface area contributed by atoms with Crippen LogP contribution in [0, 0.1) is 5.41 Å². The van der Waals surface area contributed by atoms with Gasteiger partial charge in [0.1, 0.15) is 0 Å². The van der Waals surface area contributed by atoms with E-state index in [-0.39, 0.29) is 11.3 Å². The van der Waals surface area contributed by atoms with E-state index in [4.69, 9.17) is 0 Å². The van der Waals surface area contributed by atoms with Gasteiger partial charge in [0.25, 0.3) is 0 Å². The lowest BCUT2D eigenvalue weighted by Crippen LogP contribution is -2.37. The molecule has 0 aromatic carbocycles. The van der Waals surface area contributed by atoms with E-state index < -0.39 is 0 Å². The first kappa shape index (κ1) is 11.2. The van der Waals surface area contributed by atoms with Crippen LogP contribution in [0.3, 0.4) is 0 Å². The molecule has 0 bridgehead atoms. The predicted octanol–water partition coefficient (Wildman–Crippen LogP) is 2.07. The molecule has 0 spiro atoms. The van der Waals surface area contributed by atoms with Crippen molar-refractivity contribution in [1.82, 2.24) is 4.90 Å². The Hall–Kier alpha value is -0.790. The first-order valence-corrected chi connectivity index (χ1v) is 4.15. The average Bonchev–Trinajstić information content (AvgIpc) is 1.82. The van der Waals surface area contributed by atoms with Crippen LogP contribution in [0.1, 0.15) is 27.7 Å². The maximum atomic E-state index is 11.6. The van der Waals surface area contributed by atoms with E-state index in [1.165, 1.54) is 0 Å². The van der Waals surface area contributed by atoms with Crippen molar-refractivity contribution < 1.29 is 4.79 Å². The van der Waals surface area contributed by atoms with Gasteiger partial charge < -0.3 is 4.90 Å². The highest BCUT2D eigenvalue weighted by Gasteiger charge is 2.24. The molecule has 0 aromatic heterocycles. The van der Waals surface area contributed by atoms with Crippen LogP contribution >= 0.6 is 0 Å². The van der Waals surface area contributed by atoms with E-state index in [2.05, 4.69) is 6.58 Å². The second-order valence-corrected chi connectivity index (χ2v) is 4.37. The molecule has 0 atom stereocenters. The Kier molecular flexibility index (Phi) is 3.50. The molecule has 70 valence electrons. The van der Waals surface area contributed by atoms with Crippen LogP contribution in [0.5, 0.6) is 0 Å². The number of carbonyl (C=O) groups excluding carboxylic acids is 1. The lowest BCUT2D eigenvalue weighted by Gasteiger charge is -2.25. The van der Waals surface area contributed by atoms with Crippen molar-refractivity contribution in [3.8, 4) is 0 Å². The van der Waals surface area contributed by atoms with Gasteiger partial charge in [-0.3, -0.25) is 4.79 Å². The highest BCUT2D eigenvalue weighted by atomic mass is 16.2. The molecule has 0 aliphatic carbocycles. The van der Waals surface area contributed by atoms with Crippen LogP contribution < -0.4 is 0 Å². The molecule has 0 rings (SSSR count). The van der Waals surface area contributed by atoms with Crippen molar-refractivity contribution in [1.29, 1.82) is 0 Å². The summed E-state index contributed by atoms with van der Waals surface area (Å²) < 4.78 is 0. The van der Waals surface area contributed by atoms with Crippen LogP contribution in [0.25, 0.3) is 0 Å². The monoisotopic (exact) mass is 169 g/mol. The molecule has 0 N–H and O–H groups in total. The second kappa shape index (κ2) is 3.74. The molecule has 1 amide bonds. The van der Waals surface area contributed by atoms with Crippen molar-refractivity contribution in [3.63, 3.8) is 0 Å². The van der Waals surface area contributed by atoms with Gasteiger partial charge >= 0.3 is 0 Å². The SMILES string of the molecule is C=C(C)CN(C)C(=O)C(C)(C)C. The number of nitrogens with zero attached hydrogens (tertiary/aromatic N) is 1. The zero-order valence-electron chi connectivity index (χ0n) is 8.77. The molecule has 0 unspecified atom stereocenters. The summed E-state index contributed by atoms with van der Waals surface area (Å²) in [7, 11) is 1.81. The lowest BCUT2D eigenvalue weighted by atomic mass is 9.95. The van der Waals surface area contributed by atoms with E-state index >= 15 is 0 Å². The van der Waals surface area contributed by atoms with E-state index in [0.717, 1.165) is 5.57 Å². The zero-order chi connectivity index (χ0) is 9.94. The van der Waals surface area contributed by atoms with Gasteiger partial charge in [-0.15, -0.1) is 0 Å². The third kappa shape index (κ3) is 3.56. The Morgan fingerprint density at radius 1 is 1.42 bits per heavy atom. The summed E-state index contributed by atoms with van der Waals surface area (Å²) in [6, 6.07) is 0. The molecule has 0 saturated heterocycles. The van der Waals surface area contributed by atoms with Crippen molar-refractivity contribution in [2.45, 2.75) is 27.7 Å². The number of hydrogen-bond acceptors (Lipinski definition) is 1. The first-order chi connectivity index (χ1) is 5.25. The number of hydrogen-bond donors (Lipinski definition) is 0. The molecule has 0 aliphatic rings. The van der Waals surface area contributed by atoms with Gasteiger partial charge in [-0.05, 0) is 6.92 Å². The number of amides is 1. The third-order valence-electron chi connectivity index (χ3n) is 1.50. The minimum atomic E-state index is -0.288. The van der Waals surface area contributed by atoms with Crippen molar-refractivity contribution in [2.24, 2.45) is 5.41 Å². The fraction of sp³-hybridized carbons (Fsp3) is 0.700. The lowest BCUT2D eigenvalue weighted by molar-refractivity contribution is -0.137. The number of likely N-dealkylation sites (N-methyl/N-ethyl adjacent to an activating group) is 1. The maximum absolute atomic E-state index is 11.6. The molecule has 0 saturated carbocycles. The van der Waals surface area contributed by atoms with Gasteiger partial charge in [0.05, 0.1) is 0 Å².